The van der Waals surface area contributed by atoms with Gasteiger partial charge < -0.3 is 18.9 Å². The lowest BCUT2D eigenvalue weighted by Gasteiger charge is -2.40. The highest BCUT2D eigenvalue weighted by Gasteiger charge is 2.28. The minimum atomic E-state index is 0.0542. The lowest BCUT2D eigenvalue weighted by molar-refractivity contribution is 0.104. The minimum absolute atomic E-state index is 0.0542. The zero-order valence-corrected chi connectivity index (χ0v) is 20.5. The first-order valence-corrected chi connectivity index (χ1v) is 11.6. The van der Waals surface area contributed by atoms with Crippen molar-refractivity contribution in [1.29, 1.82) is 0 Å². The molecule has 3 aromatic rings. The molecule has 0 radical (unpaired) electrons. The molecule has 1 atom stereocenters. The quantitative estimate of drug-likeness (QED) is 0.462. The van der Waals surface area contributed by atoms with Gasteiger partial charge in [-0.2, -0.15) is 0 Å². The number of hydrogen-bond donors (Lipinski definition) is 0. The topological polar surface area (TPSA) is 43.4 Å². The van der Waals surface area contributed by atoms with E-state index in [1.165, 1.54) is 11.1 Å². The summed E-state index contributed by atoms with van der Waals surface area (Å²) in [5.41, 5.74) is 3.66. The van der Waals surface area contributed by atoms with Crippen molar-refractivity contribution in [3.8, 4) is 23.0 Å². The van der Waals surface area contributed by atoms with Crippen LogP contribution in [0.3, 0.4) is 0 Å². The molecule has 3 aromatic carbocycles. The second-order valence-electron chi connectivity index (χ2n) is 8.43. The van der Waals surface area contributed by atoms with Crippen LogP contribution in [0.25, 0.3) is 0 Å². The summed E-state index contributed by atoms with van der Waals surface area (Å²) in [5, 5.41) is 0. The minimum Gasteiger partial charge on any atom is -0.497 e. The van der Waals surface area contributed by atoms with Crippen LogP contribution in [0.4, 0.5) is 0 Å². The van der Waals surface area contributed by atoms with Gasteiger partial charge in [-0.1, -0.05) is 42.5 Å². The third-order valence-corrected chi connectivity index (χ3v) is 6.46. The highest BCUT2D eigenvalue weighted by Crippen LogP contribution is 2.42. The Kier molecular flexibility index (Phi) is 7.93. The molecular weight excluding hydrogens is 428 g/mol. The summed E-state index contributed by atoms with van der Waals surface area (Å²) in [5.74, 6) is 2.78. The van der Waals surface area contributed by atoms with Crippen molar-refractivity contribution in [2.75, 3.05) is 54.6 Å². The summed E-state index contributed by atoms with van der Waals surface area (Å²) in [6.07, 6.45) is 0. The van der Waals surface area contributed by atoms with Crippen LogP contribution in [0.5, 0.6) is 23.0 Å². The van der Waals surface area contributed by atoms with E-state index < -0.39 is 0 Å². The van der Waals surface area contributed by atoms with Crippen molar-refractivity contribution < 1.29 is 18.9 Å². The van der Waals surface area contributed by atoms with E-state index in [-0.39, 0.29) is 6.04 Å². The van der Waals surface area contributed by atoms with Gasteiger partial charge in [-0.05, 0) is 41.0 Å². The van der Waals surface area contributed by atoms with Crippen LogP contribution in [0.2, 0.25) is 0 Å². The maximum Gasteiger partial charge on any atom is 0.203 e. The van der Waals surface area contributed by atoms with Crippen LogP contribution in [0, 0.1) is 0 Å². The Balaban J connectivity index is 1.63. The summed E-state index contributed by atoms with van der Waals surface area (Å²) >= 11 is 0. The van der Waals surface area contributed by atoms with Crippen molar-refractivity contribution >= 4 is 0 Å². The van der Waals surface area contributed by atoms with E-state index in [1.807, 2.05) is 12.1 Å². The lowest BCUT2D eigenvalue weighted by atomic mass is 9.95. The third kappa shape index (κ3) is 5.29. The molecule has 4 rings (SSSR count). The number of nitrogens with zero attached hydrogens (tertiary/aromatic N) is 2. The molecule has 6 heteroatoms. The average molecular weight is 463 g/mol. The maximum absolute atomic E-state index is 5.66. The van der Waals surface area contributed by atoms with Crippen LogP contribution in [0.1, 0.15) is 22.7 Å². The molecule has 1 heterocycles. The molecule has 0 saturated carbocycles. The Bertz CT molecular complexity index is 1020. The molecule has 180 valence electrons. The molecule has 1 fully saturated rings. The van der Waals surface area contributed by atoms with Gasteiger partial charge in [0.2, 0.25) is 5.75 Å². The van der Waals surface area contributed by atoms with Gasteiger partial charge >= 0.3 is 0 Å². The Morgan fingerprint density at radius 1 is 0.676 bits per heavy atom. The number of methoxy groups -OCH3 is 4. The maximum atomic E-state index is 5.66. The van der Waals surface area contributed by atoms with E-state index >= 15 is 0 Å². The molecule has 0 N–H and O–H groups in total. The van der Waals surface area contributed by atoms with E-state index in [2.05, 4.69) is 64.4 Å². The van der Waals surface area contributed by atoms with Crippen molar-refractivity contribution in [2.45, 2.75) is 12.6 Å². The summed E-state index contributed by atoms with van der Waals surface area (Å²) < 4.78 is 22.3. The van der Waals surface area contributed by atoms with Crippen LogP contribution in [0.15, 0.2) is 66.7 Å². The second kappa shape index (κ2) is 11.3. The lowest BCUT2D eigenvalue weighted by Crippen LogP contribution is -2.47. The van der Waals surface area contributed by atoms with Gasteiger partial charge in [0.15, 0.2) is 11.5 Å². The first kappa shape index (κ1) is 23.9. The molecule has 0 spiro atoms. The summed E-state index contributed by atoms with van der Waals surface area (Å²) in [4.78, 5) is 5.05. The van der Waals surface area contributed by atoms with Gasteiger partial charge in [0.05, 0.1) is 34.5 Å². The molecule has 34 heavy (non-hydrogen) atoms. The fourth-order valence-electron chi connectivity index (χ4n) is 4.68. The van der Waals surface area contributed by atoms with E-state index in [0.717, 1.165) is 44.0 Å². The summed E-state index contributed by atoms with van der Waals surface area (Å²) in [7, 11) is 6.64. The molecule has 0 bridgehead atoms. The highest BCUT2D eigenvalue weighted by atomic mass is 16.5. The Labute approximate surface area is 202 Å². The monoisotopic (exact) mass is 462 g/mol. The number of rotatable bonds is 9. The standard InChI is InChI=1S/C28H34N2O4/c1-31-24-12-10-22(11-13-24)27(23-18-25(32-2)28(34-4)26(19-23)33-3)30-16-14-29(15-17-30)20-21-8-6-5-7-9-21/h5-13,18-19,27H,14-17,20H2,1-4H3. The van der Waals surface area contributed by atoms with E-state index in [0.29, 0.717) is 17.2 Å². The Morgan fingerprint density at radius 3 is 1.82 bits per heavy atom. The van der Waals surface area contributed by atoms with Crippen molar-refractivity contribution in [3.05, 3.63) is 83.4 Å². The zero-order chi connectivity index (χ0) is 23.9. The fourth-order valence-corrected chi connectivity index (χ4v) is 4.68. The normalized spacial score (nSPS) is 15.5. The van der Waals surface area contributed by atoms with Crippen LogP contribution in [-0.2, 0) is 6.54 Å². The first-order valence-electron chi connectivity index (χ1n) is 11.6. The van der Waals surface area contributed by atoms with E-state index in [4.69, 9.17) is 18.9 Å². The zero-order valence-electron chi connectivity index (χ0n) is 20.5. The number of piperazine rings is 1. The van der Waals surface area contributed by atoms with Crippen molar-refractivity contribution in [3.63, 3.8) is 0 Å². The third-order valence-electron chi connectivity index (χ3n) is 6.46. The molecule has 1 aliphatic heterocycles. The molecule has 1 unspecified atom stereocenters. The summed E-state index contributed by atoms with van der Waals surface area (Å²) in [6, 6.07) is 23.2. The Morgan fingerprint density at radius 2 is 1.29 bits per heavy atom. The van der Waals surface area contributed by atoms with E-state index in [1.54, 1.807) is 28.4 Å². The molecule has 0 amide bonds. The van der Waals surface area contributed by atoms with Crippen molar-refractivity contribution in [1.82, 2.24) is 9.80 Å². The van der Waals surface area contributed by atoms with Crippen LogP contribution < -0.4 is 18.9 Å². The van der Waals surface area contributed by atoms with E-state index in [9.17, 15) is 0 Å². The van der Waals surface area contributed by atoms with Crippen molar-refractivity contribution in [2.24, 2.45) is 0 Å². The van der Waals surface area contributed by atoms with Gasteiger partial charge in [0, 0.05) is 32.7 Å². The predicted molar refractivity (Wildman–Crippen MR) is 134 cm³/mol. The smallest absolute Gasteiger partial charge is 0.203 e. The van der Waals surface area contributed by atoms with Crippen LogP contribution >= 0.6 is 0 Å². The molecular formula is C28H34N2O4. The molecule has 0 aliphatic carbocycles. The second-order valence-corrected chi connectivity index (χ2v) is 8.43. The largest absolute Gasteiger partial charge is 0.497 e. The SMILES string of the molecule is COc1ccc(C(c2cc(OC)c(OC)c(OC)c2)N2CCN(Cc3ccccc3)CC2)cc1. The number of benzene rings is 3. The average Bonchev–Trinajstić information content (AvgIpc) is 2.90. The highest BCUT2D eigenvalue weighted by molar-refractivity contribution is 5.55. The van der Waals surface area contributed by atoms with Gasteiger partial charge in [-0.3, -0.25) is 9.80 Å². The van der Waals surface area contributed by atoms with Gasteiger partial charge in [-0.25, -0.2) is 0 Å². The number of ether oxygens (including phenoxy) is 4. The molecule has 1 saturated heterocycles. The molecule has 6 nitrogen and oxygen atoms in total. The van der Waals surface area contributed by atoms with Gasteiger partial charge in [0.1, 0.15) is 5.75 Å². The number of hydrogen-bond acceptors (Lipinski definition) is 6. The fraction of sp³-hybridized carbons (Fsp3) is 0.357. The van der Waals surface area contributed by atoms with Gasteiger partial charge in [0.25, 0.3) is 0 Å². The summed E-state index contributed by atoms with van der Waals surface area (Å²) in [6.45, 7) is 4.91. The predicted octanol–water partition coefficient (Wildman–Crippen LogP) is 4.63. The Hall–Kier alpha value is -3.22. The molecule has 0 aromatic heterocycles. The van der Waals surface area contributed by atoms with Gasteiger partial charge in [-0.15, -0.1) is 0 Å². The molecule has 1 aliphatic rings. The van der Waals surface area contributed by atoms with Crippen LogP contribution in [-0.4, -0.2) is 64.4 Å². The first-order chi connectivity index (χ1) is 16.7.